The lowest BCUT2D eigenvalue weighted by Gasteiger charge is -2.33. The summed E-state index contributed by atoms with van der Waals surface area (Å²) < 4.78 is 11.4. The van der Waals surface area contributed by atoms with E-state index in [1.807, 2.05) is 6.92 Å². The first-order chi connectivity index (χ1) is 6.11. The third-order valence-corrected chi connectivity index (χ3v) is 2.41. The maximum atomic E-state index is 5.78. The first kappa shape index (κ1) is 11.0. The summed E-state index contributed by atoms with van der Waals surface area (Å²) in [6.07, 6.45) is 3.13. The topological polar surface area (TPSA) is 44.5 Å². The van der Waals surface area contributed by atoms with E-state index < -0.39 is 0 Å². The van der Waals surface area contributed by atoms with E-state index in [-0.39, 0.29) is 6.10 Å². The standard InChI is InChI=1S/C10H21NO2/c1-7-4-10(5-8(2)12-7)13-9(3)6-11/h7-10H,4-6,11H2,1-3H3. The lowest BCUT2D eigenvalue weighted by atomic mass is 10.0. The maximum Gasteiger partial charge on any atom is 0.0672 e. The van der Waals surface area contributed by atoms with Crippen LogP contribution in [0.3, 0.4) is 0 Å². The Labute approximate surface area is 80.6 Å². The Balaban J connectivity index is 2.32. The first-order valence-electron chi connectivity index (χ1n) is 5.12. The van der Waals surface area contributed by atoms with Gasteiger partial charge in [-0.25, -0.2) is 0 Å². The summed E-state index contributed by atoms with van der Waals surface area (Å²) >= 11 is 0. The molecule has 0 radical (unpaired) electrons. The molecule has 0 bridgehead atoms. The molecule has 3 heteroatoms. The zero-order valence-electron chi connectivity index (χ0n) is 8.82. The Morgan fingerprint density at radius 1 is 1.38 bits per heavy atom. The van der Waals surface area contributed by atoms with Crippen LogP contribution in [0.1, 0.15) is 33.6 Å². The first-order valence-corrected chi connectivity index (χ1v) is 5.12. The molecular weight excluding hydrogens is 166 g/mol. The van der Waals surface area contributed by atoms with Gasteiger partial charge in [0, 0.05) is 6.54 Å². The predicted octanol–water partition coefficient (Wildman–Crippen LogP) is 1.31. The van der Waals surface area contributed by atoms with Gasteiger partial charge < -0.3 is 15.2 Å². The summed E-state index contributed by atoms with van der Waals surface area (Å²) in [6, 6.07) is 0. The summed E-state index contributed by atoms with van der Waals surface area (Å²) in [5, 5.41) is 0. The molecule has 0 aliphatic carbocycles. The van der Waals surface area contributed by atoms with Gasteiger partial charge in [0.25, 0.3) is 0 Å². The lowest BCUT2D eigenvalue weighted by molar-refractivity contribution is -0.116. The molecule has 2 N–H and O–H groups in total. The summed E-state index contributed by atoms with van der Waals surface area (Å²) in [5.41, 5.74) is 5.50. The number of hydrogen-bond donors (Lipinski definition) is 1. The van der Waals surface area contributed by atoms with E-state index in [2.05, 4.69) is 13.8 Å². The molecule has 3 unspecified atom stereocenters. The molecule has 0 amide bonds. The molecule has 3 atom stereocenters. The predicted molar refractivity (Wildman–Crippen MR) is 52.6 cm³/mol. The van der Waals surface area contributed by atoms with Crippen molar-refractivity contribution in [3.63, 3.8) is 0 Å². The molecule has 0 spiro atoms. The fraction of sp³-hybridized carbons (Fsp3) is 1.00. The smallest absolute Gasteiger partial charge is 0.0672 e. The van der Waals surface area contributed by atoms with Crippen molar-refractivity contribution in [2.24, 2.45) is 5.73 Å². The van der Waals surface area contributed by atoms with Crippen LogP contribution in [-0.4, -0.2) is 31.0 Å². The van der Waals surface area contributed by atoms with Gasteiger partial charge in [-0.2, -0.15) is 0 Å². The van der Waals surface area contributed by atoms with E-state index in [1.54, 1.807) is 0 Å². The van der Waals surface area contributed by atoms with Crippen molar-refractivity contribution in [3.05, 3.63) is 0 Å². The second-order valence-corrected chi connectivity index (χ2v) is 4.03. The van der Waals surface area contributed by atoms with Crippen molar-refractivity contribution >= 4 is 0 Å². The molecule has 0 saturated carbocycles. The summed E-state index contributed by atoms with van der Waals surface area (Å²) in [7, 11) is 0. The number of ether oxygens (including phenoxy) is 2. The van der Waals surface area contributed by atoms with Gasteiger partial charge in [-0.05, 0) is 33.6 Å². The highest BCUT2D eigenvalue weighted by Gasteiger charge is 2.25. The molecule has 1 aliphatic rings. The van der Waals surface area contributed by atoms with Gasteiger partial charge in [-0.15, -0.1) is 0 Å². The largest absolute Gasteiger partial charge is 0.375 e. The van der Waals surface area contributed by atoms with E-state index in [0.29, 0.717) is 24.9 Å². The average Bonchev–Trinajstić information content (AvgIpc) is 2.02. The van der Waals surface area contributed by atoms with Crippen LogP contribution in [0.4, 0.5) is 0 Å². The summed E-state index contributed by atoms with van der Waals surface area (Å²) in [5.74, 6) is 0. The van der Waals surface area contributed by atoms with E-state index in [4.69, 9.17) is 15.2 Å². The molecule has 13 heavy (non-hydrogen) atoms. The minimum absolute atomic E-state index is 0.169. The second kappa shape index (κ2) is 4.94. The molecule has 1 rings (SSSR count). The highest BCUT2D eigenvalue weighted by molar-refractivity contribution is 4.74. The zero-order chi connectivity index (χ0) is 9.84. The highest BCUT2D eigenvalue weighted by Crippen LogP contribution is 2.22. The van der Waals surface area contributed by atoms with Crippen molar-refractivity contribution < 1.29 is 9.47 Å². The Hall–Kier alpha value is -0.120. The number of nitrogens with two attached hydrogens (primary N) is 1. The Bertz CT molecular complexity index is 142. The summed E-state index contributed by atoms with van der Waals surface area (Å²) in [6.45, 7) is 6.81. The number of hydrogen-bond acceptors (Lipinski definition) is 3. The molecule has 1 aliphatic heterocycles. The molecule has 0 aromatic carbocycles. The monoisotopic (exact) mass is 187 g/mol. The van der Waals surface area contributed by atoms with Gasteiger partial charge >= 0.3 is 0 Å². The van der Waals surface area contributed by atoms with Gasteiger partial charge in [0.05, 0.1) is 24.4 Å². The van der Waals surface area contributed by atoms with E-state index in [0.717, 1.165) is 12.8 Å². The van der Waals surface area contributed by atoms with E-state index in [1.165, 1.54) is 0 Å². The van der Waals surface area contributed by atoms with Crippen LogP contribution in [0.2, 0.25) is 0 Å². The van der Waals surface area contributed by atoms with Crippen LogP contribution in [0.15, 0.2) is 0 Å². The van der Waals surface area contributed by atoms with Crippen LogP contribution in [0.5, 0.6) is 0 Å². The van der Waals surface area contributed by atoms with Crippen molar-refractivity contribution in [1.82, 2.24) is 0 Å². The van der Waals surface area contributed by atoms with Crippen molar-refractivity contribution in [2.45, 2.75) is 58.0 Å². The molecular formula is C10H21NO2. The van der Waals surface area contributed by atoms with Gasteiger partial charge in [-0.1, -0.05) is 0 Å². The van der Waals surface area contributed by atoms with Gasteiger partial charge in [0.15, 0.2) is 0 Å². The van der Waals surface area contributed by atoms with Crippen LogP contribution in [-0.2, 0) is 9.47 Å². The SMILES string of the molecule is CC1CC(OC(C)CN)CC(C)O1. The van der Waals surface area contributed by atoms with Crippen LogP contribution >= 0.6 is 0 Å². The highest BCUT2D eigenvalue weighted by atomic mass is 16.5. The number of rotatable bonds is 3. The molecule has 3 nitrogen and oxygen atoms in total. The Morgan fingerprint density at radius 2 is 1.92 bits per heavy atom. The minimum Gasteiger partial charge on any atom is -0.375 e. The quantitative estimate of drug-likeness (QED) is 0.724. The summed E-state index contributed by atoms with van der Waals surface area (Å²) in [4.78, 5) is 0. The van der Waals surface area contributed by atoms with Crippen LogP contribution in [0, 0.1) is 0 Å². The van der Waals surface area contributed by atoms with E-state index in [9.17, 15) is 0 Å². The van der Waals surface area contributed by atoms with Gasteiger partial charge in [0.1, 0.15) is 0 Å². The van der Waals surface area contributed by atoms with Crippen LogP contribution < -0.4 is 5.73 Å². The Kier molecular flexibility index (Phi) is 4.16. The van der Waals surface area contributed by atoms with Gasteiger partial charge in [-0.3, -0.25) is 0 Å². The lowest BCUT2D eigenvalue weighted by Crippen LogP contribution is -2.37. The average molecular weight is 187 g/mol. The fourth-order valence-corrected chi connectivity index (χ4v) is 1.84. The molecule has 1 fully saturated rings. The zero-order valence-corrected chi connectivity index (χ0v) is 8.82. The van der Waals surface area contributed by atoms with Gasteiger partial charge in [0.2, 0.25) is 0 Å². The third kappa shape index (κ3) is 3.63. The normalized spacial score (nSPS) is 37.4. The molecule has 1 saturated heterocycles. The second-order valence-electron chi connectivity index (χ2n) is 4.03. The van der Waals surface area contributed by atoms with Crippen molar-refractivity contribution in [1.29, 1.82) is 0 Å². The van der Waals surface area contributed by atoms with Crippen LogP contribution in [0.25, 0.3) is 0 Å². The van der Waals surface area contributed by atoms with Crippen molar-refractivity contribution in [3.8, 4) is 0 Å². The molecule has 78 valence electrons. The molecule has 0 aromatic heterocycles. The minimum atomic E-state index is 0.169. The van der Waals surface area contributed by atoms with E-state index >= 15 is 0 Å². The van der Waals surface area contributed by atoms with Crippen molar-refractivity contribution in [2.75, 3.05) is 6.54 Å². The Morgan fingerprint density at radius 3 is 2.38 bits per heavy atom. The molecule has 1 heterocycles. The fourth-order valence-electron chi connectivity index (χ4n) is 1.84. The third-order valence-electron chi connectivity index (χ3n) is 2.41. The maximum absolute atomic E-state index is 5.78. The molecule has 0 aromatic rings.